The molecule has 14 nitrogen and oxygen atoms in total. The number of nitrogens with zero attached hydrogens (tertiary/aromatic N) is 5. The molecule has 9 aromatic carbocycles. The molecule has 0 aliphatic heterocycles. The van der Waals surface area contributed by atoms with Crippen LogP contribution in [0.1, 0.15) is 55.4 Å². The molecule has 111 heavy (non-hydrogen) atoms. The molecule has 6 aromatic heterocycles. The summed E-state index contributed by atoms with van der Waals surface area (Å²) in [5, 5.41) is 40.6. The Kier molecular flexibility index (Phi) is 46.2. The molecule has 0 saturated carbocycles. The number of aromatic nitrogens is 5. The first-order chi connectivity index (χ1) is 51.2. The Balaban J connectivity index is 0.000000431. The van der Waals surface area contributed by atoms with Crippen molar-refractivity contribution in [2.24, 2.45) is 0 Å². The van der Waals surface area contributed by atoms with Crippen molar-refractivity contribution < 1.29 is 145 Å². The second-order valence-corrected chi connectivity index (χ2v) is 24.1. The Morgan fingerprint density at radius 2 is 0.811 bits per heavy atom. The van der Waals surface area contributed by atoms with Crippen molar-refractivity contribution in [3.05, 3.63) is 357 Å². The van der Waals surface area contributed by atoms with Crippen LogP contribution in [0.2, 0.25) is 0 Å². The molecule has 15 aromatic rings. The third-order valence-electron chi connectivity index (χ3n) is 14.0. The summed E-state index contributed by atoms with van der Waals surface area (Å²) in [6.07, 6.45) is 10.1. The van der Waals surface area contributed by atoms with Crippen molar-refractivity contribution in [1.29, 1.82) is 0 Å². The van der Waals surface area contributed by atoms with E-state index in [1.165, 1.54) is 117 Å². The van der Waals surface area contributed by atoms with Gasteiger partial charge in [0.25, 0.3) is 0 Å². The second kappa shape index (κ2) is 52.9. The summed E-state index contributed by atoms with van der Waals surface area (Å²) in [5.74, 6) is 0.372. The number of fused-ring (bicyclic) bond motifs is 5. The van der Waals surface area contributed by atoms with Crippen molar-refractivity contribution in [3.63, 3.8) is 0 Å². The first-order valence-corrected chi connectivity index (χ1v) is 34.1. The molecule has 20 heteroatoms. The molecule has 0 atom stereocenters. The summed E-state index contributed by atoms with van der Waals surface area (Å²) in [6, 6.07) is 102. The molecular weight excluding hydrogens is 2300 g/mol. The maximum Gasteiger partial charge on any atom is 0.155 e. The third-order valence-corrected chi connectivity index (χ3v) is 15.1. The fourth-order valence-electron chi connectivity index (χ4n) is 9.75. The smallest absolute Gasteiger partial charge is 0.155 e. The van der Waals surface area contributed by atoms with Gasteiger partial charge in [0.2, 0.25) is 0 Å². The van der Waals surface area contributed by atoms with E-state index in [-0.39, 0.29) is 147 Å². The summed E-state index contributed by atoms with van der Waals surface area (Å²) in [5.41, 5.74) is 10.7. The van der Waals surface area contributed by atoms with Crippen LogP contribution in [-0.2, 0) is 120 Å². The Labute approximate surface area is 719 Å². The van der Waals surface area contributed by atoms with Gasteiger partial charge in [-0.2, -0.15) is 0 Å². The van der Waals surface area contributed by atoms with E-state index in [1.807, 2.05) is 219 Å². The van der Waals surface area contributed by atoms with Gasteiger partial charge in [-0.3, -0.25) is 29.1 Å². The standard InChI is InChI=1S/3C15H10N.C13H8NO.C13H8NS.4C5H8O2.5Ir/c1-2-8-13-12(6-1)7-5-9-14(13)15-10-3-4-11-16-15;1-2-7-13(8-3-1)15-14-9-5-4-6-12(14)10-11-16-15;1-2-6-12(7-3-1)15-11-10-13-8-4-5-9-14(13)16-15;1-2-6-10(7-3-1)13-14-11-8-4-5-9-12(11)15-13;1-2-7-12-10(5-1)9-13(15-12)11-6-3-4-8-14-11;4*1-4(6)3-5(2)7;;;;;/h1-8,10-11H;1-7,9-11H;1-6,8-11H;1-6,8-9H;1-8H;4*3,6H,1-2H3;;;;;/q5*-1;;;;;;;;;. The van der Waals surface area contributed by atoms with Crippen LogP contribution in [0, 0.1) is 30.3 Å². The number of aliphatic hydroxyl groups is 4. The van der Waals surface area contributed by atoms with Crippen molar-refractivity contribution in [3.8, 4) is 55.8 Å². The number of hydrogen-bond donors (Lipinski definition) is 4. The molecule has 15 rings (SSSR count). The number of carbonyl (C=O) groups excluding carboxylic acids is 4. The van der Waals surface area contributed by atoms with E-state index in [9.17, 15) is 19.2 Å². The van der Waals surface area contributed by atoms with Gasteiger partial charge in [0.1, 0.15) is 11.5 Å². The quantitative estimate of drug-likeness (QED) is 0.0599. The zero-order valence-electron chi connectivity index (χ0n) is 61.5. The topological polar surface area (TPSA) is 227 Å². The van der Waals surface area contributed by atoms with Gasteiger partial charge >= 0.3 is 0 Å². The molecule has 0 aliphatic rings. The van der Waals surface area contributed by atoms with Crippen LogP contribution in [0.5, 0.6) is 0 Å². The molecule has 577 valence electrons. The Morgan fingerprint density at radius 3 is 1.31 bits per heavy atom. The summed E-state index contributed by atoms with van der Waals surface area (Å²) in [4.78, 5) is 63.3. The Morgan fingerprint density at radius 1 is 0.360 bits per heavy atom. The van der Waals surface area contributed by atoms with Crippen LogP contribution in [0.3, 0.4) is 0 Å². The number of hydrogen-bond acceptors (Lipinski definition) is 15. The summed E-state index contributed by atoms with van der Waals surface area (Å²) < 4.78 is 6.87. The second-order valence-electron chi connectivity index (χ2n) is 23.1. The molecule has 0 saturated heterocycles. The van der Waals surface area contributed by atoms with Gasteiger partial charge in [-0.05, 0) is 135 Å². The molecule has 0 bridgehead atoms. The number of benzene rings is 9. The molecule has 0 spiro atoms. The molecule has 5 radical (unpaired) electrons. The van der Waals surface area contributed by atoms with Gasteiger partial charge in [0, 0.05) is 149 Å². The van der Waals surface area contributed by atoms with Crippen molar-refractivity contribution in [1.82, 2.24) is 24.9 Å². The monoisotopic (exact) mass is 2380 g/mol. The number of thiophene rings is 1. The minimum Gasteiger partial charge on any atom is -0.512 e. The Hall–Kier alpha value is -10.1. The van der Waals surface area contributed by atoms with E-state index in [0.29, 0.717) is 5.89 Å². The third kappa shape index (κ3) is 34.8. The number of para-hydroxylation sites is 3. The normalized spacial score (nSPS) is 10.3. The number of oxazole rings is 1. The van der Waals surface area contributed by atoms with Crippen LogP contribution in [0.25, 0.3) is 109 Å². The number of carbonyl (C=O) groups is 4. The summed E-state index contributed by atoms with van der Waals surface area (Å²) in [6.45, 7) is 11.4. The van der Waals surface area contributed by atoms with Gasteiger partial charge in [0.15, 0.2) is 23.1 Å². The molecular formula is C91H78Ir5N5O9S-5. The van der Waals surface area contributed by atoms with Crippen LogP contribution in [0.4, 0.5) is 0 Å². The van der Waals surface area contributed by atoms with Crippen LogP contribution < -0.4 is 0 Å². The average Bonchev–Trinajstić information content (AvgIpc) is 1.80. The summed E-state index contributed by atoms with van der Waals surface area (Å²) >= 11 is 1.73. The number of pyridine rings is 4. The predicted octanol–water partition coefficient (Wildman–Crippen LogP) is 22.3. The zero-order chi connectivity index (χ0) is 76.0. The average molecular weight is 2380 g/mol. The van der Waals surface area contributed by atoms with Crippen molar-refractivity contribution >= 4 is 88.1 Å². The largest absolute Gasteiger partial charge is 0.512 e. The molecule has 0 fully saturated rings. The van der Waals surface area contributed by atoms with Gasteiger partial charge < -0.3 is 39.8 Å². The minimum absolute atomic E-state index is 0. The number of ketones is 4. The van der Waals surface area contributed by atoms with Crippen LogP contribution >= 0.6 is 11.3 Å². The van der Waals surface area contributed by atoms with Crippen molar-refractivity contribution in [2.75, 3.05) is 0 Å². The Bertz CT molecular complexity index is 5000. The molecule has 6 heterocycles. The molecule has 0 amide bonds. The van der Waals surface area contributed by atoms with E-state index in [4.69, 9.17) is 24.8 Å². The number of aliphatic hydroxyl groups excluding tert-OH is 4. The van der Waals surface area contributed by atoms with Crippen molar-refractivity contribution in [2.45, 2.75) is 55.4 Å². The van der Waals surface area contributed by atoms with E-state index >= 15 is 0 Å². The molecule has 4 N–H and O–H groups in total. The van der Waals surface area contributed by atoms with E-state index < -0.39 is 0 Å². The van der Waals surface area contributed by atoms with Crippen LogP contribution in [0.15, 0.2) is 331 Å². The van der Waals surface area contributed by atoms with Gasteiger partial charge in [-0.15, -0.1) is 155 Å². The van der Waals surface area contributed by atoms with Gasteiger partial charge in [-0.25, -0.2) is 11.3 Å². The first-order valence-electron chi connectivity index (χ1n) is 33.3. The minimum atomic E-state index is -0.125. The molecule has 0 aliphatic carbocycles. The maximum absolute atomic E-state index is 10.0. The fourth-order valence-corrected chi connectivity index (χ4v) is 10.7. The molecule has 0 unspecified atom stereocenters. The fraction of sp³-hybridized carbons (Fsp3) is 0.0879. The van der Waals surface area contributed by atoms with Gasteiger partial charge in [0.05, 0.1) is 34.1 Å². The zero-order valence-corrected chi connectivity index (χ0v) is 74.3. The first kappa shape index (κ1) is 97.0. The van der Waals surface area contributed by atoms with Crippen LogP contribution in [-0.4, -0.2) is 68.5 Å². The van der Waals surface area contributed by atoms with Gasteiger partial charge in [-0.1, -0.05) is 138 Å². The van der Waals surface area contributed by atoms with E-state index in [0.717, 1.165) is 66.5 Å². The summed E-state index contributed by atoms with van der Waals surface area (Å²) in [7, 11) is 0. The number of rotatable bonds is 9. The van der Waals surface area contributed by atoms with E-state index in [1.54, 1.807) is 11.3 Å². The predicted molar refractivity (Wildman–Crippen MR) is 428 cm³/mol. The maximum atomic E-state index is 10.0. The number of allylic oxidation sites excluding steroid dienone is 8. The SMILES string of the molecule is CC(=O)C=C(C)O.CC(=O)C=C(C)O.CC(=O)C=C(C)O.CC(=O)C=C(C)O.[Ir].[Ir].[Ir].[Ir].[Ir].[c-]1c(-c2ccccn2)sc2ccccc12.[c-]1ccc2ccccc2c1-c1ccccn1.[c-]1ccccc1-c1ccc2ccccc2n1.[c-]1ccccc1-c1nc2ccccc2o1.[c-]1ccccc1-c1nccc2ccccc12. The van der Waals surface area contributed by atoms with E-state index in [2.05, 4.69) is 116 Å².